The van der Waals surface area contributed by atoms with Gasteiger partial charge in [-0.2, -0.15) is 4.31 Å². The molecule has 1 aliphatic rings. The fourth-order valence-electron chi connectivity index (χ4n) is 3.53. The van der Waals surface area contributed by atoms with E-state index in [4.69, 9.17) is 0 Å². The van der Waals surface area contributed by atoms with E-state index in [-0.39, 0.29) is 16.3 Å². The SMILES string of the molecule is Cc1ccc(S(=O)(=O)N2CCc3ccc(NS(=O)(=O)c4ccccc4Br)cc3C2)cc1. The fourth-order valence-corrected chi connectivity index (χ4v) is 7.00. The van der Waals surface area contributed by atoms with E-state index in [1.807, 2.05) is 13.0 Å². The van der Waals surface area contributed by atoms with Crippen molar-refractivity contribution in [3.63, 3.8) is 0 Å². The summed E-state index contributed by atoms with van der Waals surface area (Å²) >= 11 is 3.27. The molecule has 0 aliphatic carbocycles. The maximum absolute atomic E-state index is 13.1. The number of nitrogens with one attached hydrogen (secondary N) is 1. The van der Waals surface area contributed by atoms with Gasteiger partial charge in [0.25, 0.3) is 10.0 Å². The Hall–Kier alpha value is -2.20. The van der Waals surface area contributed by atoms with Gasteiger partial charge in [0.1, 0.15) is 4.90 Å². The van der Waals surface area contributed by atoms with Crippen LogP contribution in [0.15, 0.2) is 81.0 Å². The lowest BCUT2D eigenvalue weighted by Crippen LogP contribution is -2.36. The van der Waals surface area contributed by atoms with E-state index in [0.717, 1.165) is 16.7 Å². The highest BCUT2D eigenvalue weighted by Gasteiger charge is 2.28. The summed E-state index contributed by atoms with van der Waals surface area (Å²) in [5, 5.41) is 0. The lowest BCUT2D eigenvalue weighted by atomic mass is 10.0. The fraction of sp³-hybridized carbons (Fsp3) is 0.182. The second-order valence-corrected chi connectivity index (χ2v) is 11.9. The topological polar surface area (TPSA) is 83.6 Å². The van der Waals surface area contributed by atoms with Crippen LogP contribution in [-0.2, 0) is 33.0 Å². The molecule has 3 aromatic carbocycles. The summed E-state index contributed by atoms with van der Waals surface area (Å²) in [7, 11) is -7.42. The number of anilines is 1. The Morgan fingerprint density at radius 3 is 2.32 bits per heavy atom. The number of sulfonamides is 2. The van der Waals surface area contributed by atoms with Crippen LogP contribution in [0.25, 0.3) is 0 Å². The van der Waals surface area contributed by atoms with Gasteiger partial charge < -0.3 is 0 Å². The van der Waals surface area contributed by atoms with Crippen molar-refractivity contribution >= 4 is 41.7 Å². The van der Waals surface area contributed by atoms with Crippen LogP contribution >= 0.6 is 15.9 Å². The zero-order valence-electron chi connectivity index (χ0n) is 16.7. The first kappa shape index (κ1) is 22.0. The van der Waals surface area contributed by atoms with Gasteiger partial charge in [-0.25, -0.2) is 16.8 Å². The van der Waals surface area contributed by atoms with Gasteiger partial charge in [-0.1, -0.05) is 35.9 Å². The van der Waals surface area contributed by atoms with Gasteiger partial charge in [-0.3, -0.25) is 4.72 Å². The van der Waals surface area contributed by atoms with Crippen molar-refractivity contribution in [2.75, 3.05) is 11.3 Å². The monoisotopic (exact) mass is 520 g/mol. The molecule has 31 heavy (non-hydrogen) atoms. The Morgan fingerprint density at radius 2 is 1.61 bits per heavy atom. The van der Waals surface area contributed by atoms with Crippen molar-refractivity contribution in [3.8, 4) is 0 Å². The quantitative estimate of drug-likeness (QED) is 0.543. The summed E-state index contributed by atoms with van der Waals surface area (Å²) < 4.78 is 56.2. The van der Waals surface area contributed by atoms with E-state index in [1.165, 1.54) is 10.4 Å². The van der Waals surface area contributed by atoms with Gasteiger partial charge in [-0.05, 0) is 76.8 Å². The predicted octanol–water partition coefficient (Wildman–Crippen LogP) is 4.31. The standard InChI is InChI=1S/C22H21BrN2O4S2/c1-16-6-10-20(11-7-16)31(28,29)25-13-12-17-8-9-19(14-18(17)15-25)24-30(26,27)22-5-3-2-4-21(22)23/h2-11,14,24H,12-13,15H2,1H3. The summed E-state index contributed by atoms with van der Waals surface area (Å²) in [6.45, 7) is 2.48. The molecule has 3 aromatic rings. The van der Waals surface area contributed by atoms with Gasteiger partial charge in [0.05, 0.1) is 4.90 Å². The Labute approximate surface area is 191 Å². The molecule has 1 N–H and O–H groups in total. The highest BCUT2D eigenvalue weighted by atomic mass is 79.9. The van der Waals surface area contributed by atoms with E-state index in [9.17, 15) is 16.8 Å². The average Bonchev–Trinajstić information content (AvgIpc) is 2.73. The number of halogens is 1. The first-order chi connectivity index (χ1) is 14.7. The molecule has 0 saturated heterocycles. The van der Waals surface area contributed by atoms with Crippen LogP contribution in [0.5, 0.6) is 0 Å². The Bertz CT molecular complexity index is 1340. The summed E-state index contributed by atoms with van der Waals surface area (Å²) in [6.07, 6.45) is 0.567. The smallest absolute Gasteiger partial charge is 0.263 e. The lowest BCUT2D eigenvalue weighted by Gasteiger charge is -2.28. The molecule has 6 nitrogen and oxygen atoms in total. The summed E-state index contributed by atoms with van der Waals surface area (Å²) in [5.74, 6) is 0. The number of nitrogens with zero attached hydrogens (tertiary/aromatic N) is 1. The number of hydrogen-bond donors (Lipinski definition) is 1. The first-order valence-corrected chi connectivity index (χ1v) is 13.3. The molecule has 9 heteroatoms. The highest BCUT2D eigenvalue weighted by molar-refractivity contribution is 9.10. The van der Waals surface area contributed by atoms with Crippen LogP contribution in [0, 0.1) is 6.92 Å². The highest BCUT2D eigenvalue weighted by Crippen LogP contribution is 2.29. The van der Waals surface area contributed by atoms with Gasteiger partial charge >= 0.3 is 0 Å². The lowest BCUT2D eigenvalue weighted by molar-refractivity contribution is 0.391. The van der Waals surface area contributed by atoms with Gasteiger partial charge in [0, 0.05) is 23.2 Å². The maximum atomic E-state index is 13.1. The molecule has 0 bridgehead atoms. The molecule has 0 spiro atoms. The zero-order chi connectivity index (χ0) is 22.2. The summed E-state index contributed by atoms with van der Waals surface area (Å²) in [6, 6.07) is 18.6. The second-order valence-electron chi connectivity index (χ2n) is 7.42. The van der Waals surface area contributed by atoms with E-state index in [0.29, 0.717) is 23.1 Å². The minimum Gasteiger partial charge on any atom is -0.280 e. The molecule has 0 atom stereocenters. The van der Waals surface area contributed by atoms with E-state index >= 15 is 0 Å². The molecule has 0 saturated carbocycles. The Kier molecular flexibility index (Phi) is 5.95. The molecule has 0 amide bonds. The maximum Gasteiger partial charge on any atom is 0.263 e. The van der Waals surface area contributed by atoms with Crippen LogP contribution in [0.3, 0.4) is 0 Å². The second kappa shape index (κ2) is 8.38. The molecule has 0 radical (unpaired) electrons. The van der Waals surface area contributed by atoms with E-state index in [2.05, 4.69) is 20.7 Å². The molecular weight excluding hydrogens is 500 g/mol. The van der Waals surface area contributed by atoms with Gasteiger partial charge in [-0.15, -0.1) is 0 Å². The number of aryl methyl sites for hydroxylation is 1. The van der Waals surface area contributed by atoms with Crippen LogP contribution in [0.2, 0.25) is 0 Å². The predicted molar refractivity (Wildman–Crippen MR) is 124 cm³/mol. The summed E-state index contributed by atoms with van der Waals surface area (Å²) in [5.41, 5.74) is 3.18. The van der Waals surface area contributed by atoms with Crippen molar-refractivity contribution in [2.24, 2.45) is 0 Å². The van der Waals surface area contributed by atoms with E-state index < -0.39 is 20.0 Å². The Balaban J connectivity index is 1.60. The Morgan fingerprint density at radius 1 is 0.903 bits per heavy atom. The van der Waals surface area contributed by atoms with Crippen molar-refractivity contribution in [1.29, 1.82) is 0 Å². The zero-order valence-corrected chi connectivity index (χ0v) is 20.0. The molecular formula is C22H21BrN2O4S2. The van der Waals surface area contributed by atoms with Crippen LogP contribution in [0.4, 0.5) is 5.69 Å². The minimum atomic E-state index is -3.79. The molecule has 162 valence electrons. The molecule has 0 unspecified atom stereocenters. The molecule has 1 heterocycles. The molecule has 1 aliphatic heterocycles. The number of rotatable bonds is 5. The first-order valence-electron chi connectivity index (χ1n) is 9.63. The number of fused-ring (bicyclic) bond motifs is 1. The largest absolute Gasteiger partial charge is 0.280 e. The van der Waals surface area contributed by atoms with Crippen molar-refractivity contribution in [3.05, 3.63) is 87.9 Å². The normalized spacial score (nSPS) is 14.8. The molecule has 0 fully saturated rings. The van der Waals surface area contributed by atoms with Gasteiger partial charge in [0.2, 0.25) is 10.0 Å². The van der Waals surface area contributed by atoms with Crippen LogP contribution in [-0.4, -0.2) is 27.7 Å². The van der Waals surface area contributed by atoms with Crippen molar-refractivity contribution < 1.29 is 16.8 Å². The molecule has 4 rings (SSSR count). The van der Waals surface area contributed by atoms with Crippen molar-refractivity contribution in [2.45, 2.75) is 29.7 Å². The minimum absolute atomic E-state index is 0.135. The number of benzene rings is 3. The van der Waals surface area contributed by atoms with Crippen molar-refractivity contribution in [1.82, 2.24) is 4.31 Å². The third-order valence-corrected chi connectivity index (χ3v) is 9.47. The van der Waals surface area contributed by atoms with Crippen LogP contribution in [0.1, 0.15) is 16.7 Å². The number of hydrogen-bond acceptors (Lipinski definition) is 4. The summed E-state index contributed by atoms with van der Waals surface area (Å²) in [4.78, 5) is 0.392. The third-order valence-electron chi connectivity index (χ3n) is 5.22. The molecule has 0 aromatic heterocycles. The third kappa shape index (κ3) is 4.55. The van der Waals surface area contributed by atoms with Crippen LogP contribution < -0.4 is 4.72 Å². The van der Waals surface area contributed by atoms with Gasteiger partial charge in [0.15, 0.2) is 0 Å². The van der Waals surface area contributed by atoms with E-state index in [1.54, 1.807) is 54.6 Å². The average molecular weight is 521 g/mol.